The Bertz CT molecular complexity index is 1150. The van der Waals surface area contributed by atoms with Crippen LogP contribution in [-0.2, 0) is 0 Å². The van der Waals surface area contributed by atoms with Crippen LogP contribution < -0.4 is 4.90 Å². The lowest BCUT2D eigenvalue weighted by Crippen LogP contribution is -2.32. The number of rotatable bonds is 5. The largest absolute Gasteiger partial charge is 0.350 e. The summed E-state index contributed by atoms with van der Waals surface area (Å²) in [6.07, 6.45) is 2.29. The van der Waals surface area contributed by atoms with Gasteiger partial charge < -0.3 is 9.42 Å². The molecule has 0 aliphatic carbocycles. The Labute approximate surface area is 184 Å². The lowest BCUT2D eigenvalue weighted by atomic mass is 9.95. The zero-order chi connectivity index (χ0) is 22.0. The van der Waals surface area contributed by atoms with Gasteiger partial charge in [0.05, 0.1) is 4.92 Å². The molecule has 1 aliphatic heterocycles. The van der Waals surface area contributed by atoms with E-state index >= 15 is 0 Å². The Morgan fingerprint density at radius 3 is 2.68 bits per heavy atom. The van der Waals surface area contributed by atoms with E-state index in [1.54, 1.807) is 18.2 Å². The third kappa shape index (κ3) is 4.44. The first-order chi connectivity index (χ1) is 15.0. The molecule has 1 aromatic carbocycles. The molecular weight excluding hydrogens is 418 g/mol. The van der Waals surface area contributed by atoms with E-state index in [0.717, 1.165) is 36.1 Å². The Kier molecular flexibility index (Phi) is 5.99. The van der Waals surface area contributed by atoms with E-state index in [-0.39, 0.29) is 10.6 Å². The van der Waals surface area contributed by atoms with Crippen molar-refractivity contribution in [3.8, 4) is 11.5 Å². The van der Waals surface area contributed by atoms with Crippen LogP contribution in [0.1, 0.15) is 37.7 Å². The van der Waals surface area contributed by atoms with Crippen LogP contribution in [0.4, 0.5) is 11.5 Å². The number of hydrogen-bond donors (Lipinski definition) is 0. The second kappa shape index (κ2) is 8.85. The van der Waals surface area contributed by atoms with Crippen molar-refractivity contribution in [1.29, 1.82) is 0 Å². The van der Waals surface area contributed by atoms with Crippen LogP contribution in [0.3, 0.4) is 0 Å². The van der Waals surface area contributed by atoms with Crippen molar-refractivity contribution in [3.05, 3.63) is 68.6 Å². The molecule has 1 fully saturated rings. The first-order valence-electron chi connectivity index (χ1n) is 10.1. The summed E-state index contributed by atoms with van der Waals surface area (Å²) in [4.78, 5) is 22.0. The smallest absolute Gasteiger partial charge is 0.311 e. The zero-order valence-electron chi connectivity index (χ0n) is 17.3. The summed E-state index contributed by atoms with van der Waals surface area (Å²) < 4.78 is 5.48. The molecule has 0 radical (unpaired) electrons. The molecule has 3 heterocycles. The topological polar surface area (TPSA) is 98.2 Å². The van der Waals surface area contributed by atoms with Crippen LogP contribution in [-0.4, -0.2) is 33.1 Å². The number of allylic oxidation sites excluding steroid dienone is 1. The predicted octanol–water partition coefficient (Wildman–Crippen LogP) is 5.47. The van der Waals surface area contributed by atoms with Crippen molar-refractivity contribution in [2.24, 2.45) is 0 Å². The van der Waals surface area contributed by atoms with Gasteiger partial charge in [-0.3, -0.25) is 10.1 Å². The predicted molar refractivity (Wildman–Crippen MR) is 119 cm³/mol. The third-order valence-electron chi connectivity index (χ3n) is 5.40. The van der Waals surface area contributed by atoms with Crippen molar-refractivity contribution in [2.75, 3.05) is 18.0 Å². The molecular formula is C22H22ClN5O3. The number of aryl methyl sites for hydroxylation is 1. The third-order valence-corrected chi connectivity index (χ3v) is 5.64. The van der Waals surface area contributed by atoms with E-state index < -0.39 is 0 Å². The van der Waals surface area contributed by atoms with Gasteiger partial charge in [-0.1, -0.05) is 35.3 Å². The molecule has 0 bridgehead atoms. The molecule has 8 nitrogen and oxygen atoms in total. The fourth-order valence-corrected chi connectivity index (χ4v) is 4.04. The van der Waals surface area contributed by atoms with E-state index in [4.69, 9.17) is 16.1 Å². The lowest BCUT2D eigenvalue weighted by Gasteiger charge is -2.30. The quantitative estimate of drug-likeness (QED) is 0.384. The second-order valence-corrected chi connectivity index (χ2v) is 7.85. The van der Waals surface area contributed by atoms with E-state index in [9.17, 15) is 10.1 Å². The van der Waals surface area contributed by atoms with E-state index in [2.05, 4.69) is 22.0 Å². The van der Waals surface area contributed by atoms with Gasteiger partial charge in [0.1, 0.15) is 0 Å². The van der Waals surface area contributed by atoms with Gasteiger partial charge in [-0.2, -0.15) is 4.98 Å². The van der Waals surface area contributed by atoms with Crippen LogP contribution in [0.25, 0.3) is 17.0 Å². The standard InChI is InChI=1S/C22H22ClN5O3/c1-3-18(20-25-22(31-26-20)16-5-4-6-17(23)13-16)15-9-11-27(12-10-15)21-19(28(29)30)8-7-14(2)24-21/h4-8,13H,3,9-12H2,1-2H3. The minimum atomic E-state index is -0.374. The van der Waals surface area contributed by atoms with E-state index in [0.29, 0.717) is 35.6 Å². The summed E-state index contributed by atoms with van der Waals surface area (Å²) in [6.45, 7) is 5.20. The Balaban J connectivity index is 1.56. The SMILES string of the molecule is CCC(=C1CCN(c2nc(C)ccc2[N+](=O)[O-])CC1)c1noc(-c2cccc(Cl)c2)n1. The number of aromatic nitrogens is 3. The highest BCUT2D eigenvalue weighted by Gasteiger charge is 2.26. The maximum Gasteiger partial charge on any atom is 0.311 e. The van der Waals surface area contributed by atoms with Gasteiger partial charge in [0.25, 0.3) is 5.89 Å². The highest BCUT2D eigenvalue weighted by molar-refractivity contribution is 6.30. The maximum atomic E-state index is 11.4. The van der Waals surface area contributed by atoms with Crippen molar-refractivity contribution in [3.63, 3.8) is 0 Å². The fraction of sp³-hybridized carbons (Fsp3) is 0.318. The van der Waals surface area contributed by atoms with Crippen molar-refractivity contribution < 1.29 is 9.45 Å². The Morgan fingerprint density at radius 1 is 1.23 bits per heavy atom. The van der Waals surface area contributed by atoms with Crippen LogP contribution in [0.2, 0.25) is 5.02 Å². The number of benzene rings is 1. The molecule has 1 aliphatic rings. The minimum absolute atomic E-state index is 0.0399. The number of piperidine rings is 1. The fourth-order valence-electron chi connectivity index (χ4n) is 3.85. The van der Waals surface area contributed by atoms with Crippen LogP contribution in [0, 0.1) is 17.0 Å². The number of hydrogen-bond acceptors (Lipinski definition) is 7. The molecule has 9 heteroatoms. The average molecular weight is 440 g/mol. The van der Waals surface area contributed by atoms with Crippen LogP contribution in [0.15, 0.2) is 46.5 Å². The monoisotopic (exact) mass is 439 g/mol. The molecule has 160 valence electrons. The molecule has 3 aromatic rings. The van der Waals surface area contributed by atoms with Crippen molar-refractivity contribution in [1.82, 2.24) is 15.1 Å². The van der Waals surface area contributed by atoms with E-state index in [1.165, 1.54) is 11.6 Å². The number of halogens is 1. The summed E-state index contributed by atoms with van der Waals surface area (Å²) in [5.74, 6) is 1.45. The van der Waals surface area contributed by atoms with Crippen molar-refractivity contribution >= 4 is 28.7 Å². The molecule has 2 aromatic heterocycles. The number of nitro groups is 1. The van der Waals surface area contributed by atoms with Gasteiger partial charge in [0, 0.05) is 35.4 Å². The molecule has 0 atom stereocenters. The Hall–Kier alpha value is -3.26. The average Bonchev–Trinajstić information content (AvgIpc) is 3.24. The molecule has 1 saturated heterocycles. The summed E-state index contributed by atoms with van der Waals surface area (Å²) in [6, 6.07) is 10.5. The Morgan fingerprint density at radius 2 is 2.00 bits per heavy atom. The number of anilines is 1. The summed E-state index contributed by atoms with van der Waals surface area (Å²) >= 11 is 6.07. The molecule has 31 heavy (non-hydrogen) atoms. The first-order valence-corrected chi connectivity index (χ1v) is 10.5. The first kappa shape index (κ1) is 21.0. The molecule has 0 spiro atoms. The summed E-state index contributed by atoms with van der Waals surface area (Å²) in [5.41, 5.74) is 3.88. The molecule has 0 N–H and O–H groups in total. The number of pyridine rings is 1. The van der Waals surface area contributed by atoms with E-state index in [1.807, 2.05) is 24.0 Å². The van der Waals surface area contributed by atoms with Gasteiger partial charge in [-0.25, -0.2) is 4.98 Å². The lowest BCUT2D eigenvalue weighted by molar-refractivity contribution is -0.384. The molecule has 0 amide bonds. The van der Waals surface area contributed by atoms with Crippen molar-refractivity contribution in [2.45, 2.75) is 33.1 Å². The highest BCUT2D eigenvalue weighted by Crippen LogP contribution is 2.33. The highest BCUT2D eigenvalue weighted by atomic mass is 35.5. The van der Waals surface area contributed by atoms with Gasteiger partial charge >= 0.3 is 5.69 Å². The van der Waals surface area contributed by atoms with Crippen LogP contribution in [0.5, 0.6) is 0 Å². The number of nitrogens with zero attached hydrogens (tertiary/aromatic N) is 5. The maximum absolute atomic E-state index is 11.4. The normalized spacial score (nSPS) is 14.0. The summed E-state index contributed by atoms with van der Waals surface area (Å²) in [5, 5.41) is 16.2. The van der Waals surface area contributed by atoms with Crippen LogP contribution >= 0.6 is 11.6 Å². The minimum Gasteiger partial charge on any atom is -0.350 e. The van der Waals surface area contributed by atoms with Gasteiger partial charge in [0.2, 0.25) is 5.82 Å². The zero-order valence-corrected chi connectivity index (χ0v) is 18.1. The van der Waals surface area contributed by atoms with Gasteiger partial charge in [-0.05, 0) is 56.0 Å². The molecule has 0 unspecified atom stereocenters. The summed E-state index contributed by atoms with van der Waals surface area (Å²) in [7, 11) is 0. The molecule has 4 rings (SSSR count). The second-order valence-electron chi connectivity index (χ2n) is 7.41. The van der Waals surface area contributed by atoms with Gasteiger partial charge in [-0.15, -0.1) is 0 Å². The molecule has 0 saturated carbocycles. The van der Waals surface area contributed by atoms with Gasteiger partial charge in [0.15, 0.2) is 5.82 Å².